The van der Waals surface area contributed by atoms with E-state index in [1.54, 1.807) is 4.90 Å². The average Bonchev–Trinajstić information content (AvgIpc) is 2.86. The Hall–Kier alpha value is -1.30. The van der Waals surface area contributed by atoms with Crippen molar-refractivity contribution in [2.24, 2.45) is 0 Å². The first kappa shape index (κ1) is 19.0. The van der Waals surface area contributed by atoms with Gasteiger partial charge in [0, 0.05) is 26.2 Å². The fraction of sp³-hybridized carbons (Fsp3) is 0.889. The van der Waals surface area contributed by atoms with Gasteiger partial charge in [-0.2, -0.15) is 0 Å². The molecule has 2 fully saturated rings. The quantitative estimate of drug-likeness (QED) is 0.792. The molecule has 1 atom stereocenters. The maximum atomic E-state index is 13.0. The molecule has 6 heteroatoms. The van der Waals surface area contributed by atoms with Crippen LogP contribution in [0.1, 0.15) is 53.4 Å². The Kier molecular flexibility index (Phi) is 6.49. The zero-order valence-corrected chi connectivity index (χ0v) is 15.7. The Bertz CT molecular complexity index is 447. The number of hydrogen-bond donors (Lipinski definition) is 0. The summed E-state index contributed by atoms with van der Waals surface area (Å²) in [6.45, 7) is 13.0. The first-order valence-corrected chi connectivity index (χ1v) is 9.32. The molecule has 0 N–H and O–H groups in total. The van der Waals surface area contributed by atoms with Crippen LogP contribution in [0.25, 0.3) is 0 Å². The number of ether oxygens (including phenoxy) is 1. The minimum atomic E-state index is -0.531. The fourth-order valence-electron chi connectivity index (χ4n) is 3.50. The van der Waals surface area contributed by atoms with E-state index < -0.39 is 5.60 Å². The smallest absolute Gasteiger partial charge is 0.410 e. The van der Waals surface area contributed by atoms with Gasteiger partial charge in [0.2, 0.25) is 5.91 Å². The van der Waals surface area contributed by atoms with E-state index in [-0.39, 0.29) is 18.0 Å². The number of nitrogens with zero attached hydrogens (tertiary/aromatic N) is 3. The van der Waals surface area contributed by atoms with Crippen molar-refractivity contribution >= 4 is 12.0 Å². The van der Waals surface area contributed by atoms with Crippen LogP contribution in [0.2, 0.25) is 0 Å². The summed E-state index contributed by atoms with van der Waals surface area (Å²) in [6, 6.07) is -0.349. The van der Waals surface area contributed by atoms with Crippen LogP contribution in [0.5, 0.6) is 0 Å². The third-order valence-electron chi connectivity index (χ3n) is 4.61. The molecule has 0 aromatic rings. The van der Waals surface area contributed by atoms with E-state index in [1.807, 2.05) is 25.7 Å². The maximum Gasteiger partial charge on any atom is 0.410 e. The summed E-state index contributed by atoms with van der Waals surface area (Å²) < 4.78 is 5.47. The van der Waals surface area contributed by atoms with Crippen molar-refractivity contribution in [3.05, 3.63) is 0 Å². The van der Waals surface area contributed by atoms with Crippen LogP contribution in [0, 0.1) is 0 Å². The lowest BCUT2D eigenvalue weighted by Crippen LogP contribution is -2.49. The highest BCUT2D eigenvalue weighted by molar-refractivity contribution is 5.86. The normalized spacial score (nSPS) is 23.2. The minimum Gasteiger partial charge on any atom is -0.444 e. The minimum absolute atomic E-state index is 0.0942. The number of hydrogen-bond acceptors (Lipinski definition) is 4. The second kappa shape index (κ2) is 8.19. The summed E-state index contributed by atoms with van der Waals surface area (Å²) in [5, 5.41) is 0. The largest absolute Gasteiger partial charge is 0.444 e. The predicted molar refractivity (Wildman–Crippen MR) is 93.9 cm³/mol. The van der Waals surface area contributed by atoms with Gasteiger partial charge in [-0.25, -0.2) is 4.79 Å². The molecule has 0 aliphatic carbocycles. The molecule has 0 aromatic heterocycles. The molecule has 0 aromatic carbocycles. The molecule has 2 aliphatic heterocycles. The highest BCUT2D eigenvalue weighted by Crippen LogP contribution is 2.23. The monoisotopic (exact) mass is 339 g/mol. The van der Waals surface area contributed by atoms with Crippen molar-refractivity contribution in [2.75, 3.05) is 39.3 Å². The van der Waals surface area contributed by atoms with Crippen molar-refractivity contribution in [1.29, 1.82) is 0 Å². The van der Waals surface area contributed by atoms with Crippen LogP contribution in [-0.2, 0) is 9.53 Å². The Morgan fingerprint density at radius 2 is 1.79 bits per heavy atom. The number of carbonyl (C=O) groups excluding carboxylic acids is 2. The van der Waals surface area contributed by atoms with Gasteiger partial charge in [-0.1, -0.05) is 6.92 Å². The first-order valence-electron chi connectivity index (χ1n) is 9.32. The van der Waals surface area contributed by atoms with Crippen LogP contribution >= 0.6 is 0 Å². The van der Waals surface area contributed by atoms with Gasteiger partial charge in [-0.05, 0) is 59.5 Å². The molecule has 2 amide bonds. The van der Waals surface area contributed by atoms with Gasteiger partial charge in [-0.3, -0.25) is 9.69 Å². The van der Waals surface area contributed by atoms with Crippen molar-refractivity contribution in [1.82, 2.24) is 14.7 Å². The molecule has 2 heterocycles. The second-order valence-corrected chi connectivity index (χ2v) is 7.85. The second-order valence-electron chi connectivity index (χ2n) is 7.85. The molecule has 0 bridgehead atoms. The Morgan fingerprint density at radius 1 is 1.04 bits per heavy atom. The number of rotatable bonds is 3. The SMILES string of the molecule is CCCN1CCCN(C(=O)C2CCCN2C(=O)OC(C)(C)C)CC1. The third-order valence-corrected chi connectivity index (χ3v) is 4.61. The molecule has 6 nitrogen and oxygen atoms in total. The molecule has 2 aliphatic rings. The van der Waals surface area contributed by atoms with Crippen LogP contribution in [-0.4, -0.2) is 77.6 Å². The van der Waals surface area contributed by atoms with Gasteiger partial charge < -0.3 is 14.5 Å². The molecular weight excluding hydrogens is 306 g/mol. The average molecular weight is 339 g/mol. The van der Waals surface area contributed by atoms with Gasteiger partial charge in [-0.15, -0.1) is 0 Å². The number of amides is 2. The summed E-state index contributed by atoms with van der Waals surface area (Å²) in [5.74, 6) is 0.0942. The van der Waals surface area contributed by atoms with E-state index in [2.05, 4.69) is 11.8 Å². The van der Waals surface area contributed by atoms with Gasteiger partial charge in [0.15, 0.2) is 0 Å². The Morgan fingerprint density at radius 3 is 2.46 bits per heavy atom. The van der Waals surface area contributed by atoms with Crippen LogP contribution in [0.4, 0.5) is 4.79 Å². The van der Waals surface area contributed by atoms with Gasteiger partial charge >= 0.3 is 6.09 Å². The lowest BCUT2D eigenvalue weighted by Gasteiger charge is -2.31. The van der Waals surface area contributed by atoms with Crippen molar-refractivity contribution < 1.29 is 14.3 Å². The third kappa shape index (κ3) is 5.10. The Labute approximate surface area is 146 Å². The van der Waals surface area contributed by atoms with Crippen LogP contribution in [0.3, 0.4) is 0 Å². The predicted octanol–water partition coefficient (Wildman–Crippen LogP) is 2.33. The van der Waals surface area contributed by atoms with E-state index in [9.17, 15) is 9.59 Å². The van der Waals surface area contributed by atoms with E-state index in [4.69, 9.17) is 4.74 Å². The molecule has 2 saturated heterocycles. The van der Waals surface area contributed by atoms with Gasteiger partial charge in [0.05, 0.1) is 0 Å². The van der Waals surface area contributed by atoms with Crippen molar-refractivity contribution in [2.45, 2.75) is 65.0 Å². The molecule has 0 spiro atoms. The Balaban J connectivity index is 1.96. The maximum absolute atomic E-state index is 13.0. The highest BCUT2D eigenvalue weighted by Gasteiger charge is 2.38. The summed E-state index contributed by atoms with van der Waals surface area (Å²) in [5.41, 5.74) is -0.531. The molecule has 2 rings (SSSR count). The topological polar surface area (TPSA) is 53.1 Å². The molecule has 0 radical (unpaired) electrons. The van der Waals surface area contributed by atoms with Gasteiger partial charge in [0.1, 0.15) is 11.6 Å². The van der Waals surface area contributed by atoms with E-state index in [1.165, 1.54) is 0 Å². The lowest BCUT2D eigenvalue weighted by atomic mass is 10.2. The summed E-state index contributed by atoms with van der Waals surface area (Å²) >= 11 is 0. The number of carbonyl (C=O) groups is 2. The van der Waals surface area contributed by atoms with E-state index in [0.717, 1.165) is 58.4 Å². The number of likely N-dealkylation sites (tertiary alicyclic amines) is 1. The van der Waals surface area contributed by atoms with Crippen molar-refractivity contribution in [3.63, 3.8) is 0 Å². The fourth-order valence-corrected chi connectivity index (χ4v) is 3.50. The summed E-state index contributed by atoms with van der Waals surface area (Å²) in [4.78, 5) is 31.3. The highest BCUT2D eigenvalue weighted by atomic mass is 16.6. The zero-order valence-electron chi connectivity index (χ0n) is 15.7. The van der Waals surface area contributed by atoms with Crippen LogP contribution in [0.15, 0.2) is 0 Å². The molecular formula is C18H33N3O3. The summed E-state index contributed by atoms with van der Waals surface area (Å²) in [6.07, 6.45) is 3.40. The zero-order chi connectivity index (χ0) is 17.7. The summed E-state index contributed by atoms with van der Waals surface area (Å²) in [7, 11) is 0. The molecule has 1 unspecified atom stereocenters. The lowest BCUT2D eigenvalue weighted by molar-refractivity contribution is -0.135. The molecule has 24 heavy (non-hydrogen) atoms. The van der Waals surface area contributed by atoms with E-state index >= 15 is 0 Å². The van der Waals surface area contributed by atoms with Crippen LogP contribution < -0.4 is 0 Å². The van der Waals surface area contributed by atoms with Gasteiger partial charge in [0.25, 0.3) is 0 Å². The standard InChI is InChI=1S/C18H33N3O3/c1-5-9-19-10-7-11-20(14-13-19)16(22)15-8-6-12-21(15)17(23)24-18(2,3)4/h15H,5-14H2,1-4H3. The van der Waals surface area contributed by atoms with Crippen molar-refractivity contribution in [3.8, 4) is 0 Å². The molecule has 138 valence electrons. The van der Waals surface area contributed by atoms with E-state index in [0.29, 0.717) is 6.54 Å². The molecule has 0 saturated carbocycles. The first-order chi connectivity index (χ1) is 11.3.